The number of hydrogen-bond donors (Lipinski definition) is 2. The lowest BCUT2D eigenvalue weighted by Gasteiger charge is -2.22. The molecule has 6 nitrogen and oxygen atoms in total. The summed E-state index contributed by atoms with van der Waals surface area (Å²) in [5, 5.41) is 22.0. The van der Waals surface area contributed by atoms with Crippen molar-refractivity contribution in [2.24, 2.45) is 0 Å². The monoisotopic (exact) mass is 660 g/mol. The zero-order valence-corrected chi connectivity index (χ0v) is 22.5. The summed E-state index contributed by atoms with van der Waals surface area (Å²) in [6.45, 7) is 6.46. The molecule has 0 atom stereocenters. The highest BCUT2D eigenvalue weighted by Gasteiger charge is 2.28. The summed E-state index contributed by atoms with van der Waals surface area (Å²) in [6.07, 6.45) is 3.97. The molecule has 4 rings (SSSR count). The van der Waals surface area contributed by atoms with E-state index in [9.17, 15) is 19.8 Å². The normalized spacial score (nSPS) is 16.1. The van der Waals surface area contributed by atoms with Gasteiger partial charge in [0.05, 0.1) is 11.1 Å². The standard InChI is InChI=1S/C24H26I2N2O4/c1-13-19(25)17(23(31)27-7-3-4-8-27)11-15(21(13)29)16-12-18(20(26)14(2)22(16)30)24(32)28-9-5-6-10-28/h11-12,29-30H,3-10H2,1-2H3. The average molecular weight is 660 g/mol. The molecule has 8 heteroatoms. The van der Waals surface area contributed by atoms with E-state index in [1.165, 1.54) is 0 Å². The van der Waals surface area contributed by atoms with Gasteiger partial charge in [0, 0.05) is 55.6 Å². The van der Waals surface area contributed by atoms with Gasteiger partial charge in [-0.1, -0.05) is 0 Å². The van der Waals surface area contributed by atoms with Gasteiger partial charge in [-0.25, -0.2) is 0 Å². The van der Waals surface area contributed by atoms with Crippen LogP contribution >= 0.6 is 45.2 Å². The third kappa shape index (κ3) is 4.08. The van der Waals surface area contributed by atoms with Crippen LogP contribution < -0.4 is 0 Å². The molecule has 2 aliphatic rings. The van der Waals surface area contributed by atoms with Crippen molar-refractivity contribution in [1.29, 1.82) is 0 Å². The number of hydrogen-bond acceptors (Lipinski definition) is 4. The molecule has 2 N–H and O–H groups in total. The molecule has 0 spiro atoms. The van der Waals surface area contributed by atoms with Crippen LogP contribution in [0.15, 0.2) is 12.1 Å². The van der Waals surface area contributed by atoms with Crippen LogP contribution in [0.2, 0.25) is 0 Å². The molecular weight excluding hydrogens is 634 g/mol. The molecule has 0 radical (unpaired) electrons. The van der Waals surface area contributed by atoms with Crippen LogP contribution in [0.4, 0.5) is 0 Å². The first kappa shape index (κ1) is 23.6. The van der Waals surface area contributed by atoms with Crippen LogP contribution in [0.3, 0.4) is 0 Å². The molecule has 2 aromatic rings. The van der Waals surface area contributed by atoms with Crippen molar-refractivity contribution in [1.82, 2.24) is 9.80 Å². The lowest BCUT2D eigenvalue weighted by molar-refractivity contribution is 0.0784. The Kier molecular flexibility index (Phi) is 6.90. The van der Waals surface area contributed by atoms with E-state index in [1.54, 1.807) is 26.0 Å². The summed E-state index contributed by atoms with van der Waals surface area (Å²) >= 11 is 4.20. The predicted molar refractivity (Wildman–Crippen MR) is 140 cm³/mol. The second kappa shape index (κ2) is 9.36. The number of rotatable bonds is 3. The second-order valence-corrected chi connectivity index (χ2v) is 10.7. The molecular formula is C24H26I2N2O4. The molecule has 2 amide bonds. The quantitative estimate of drug-likeness (QED) is 0.452. The molecule has 0 bridgehead atoms. The van der Waals surface area contributed by atoms with E-state index in [2.05, 4.69) is 45.2 Å². The molecule has 2 aromatic carbocycles. The molecule has 0 aromatic heterocycles. The number of likely N-dealkylation sites (tertiary alicyclic amines) is 2. The number of phenolic OH excluding ortho intramolecular Hbond substituents is 2. The predicted octanol–water partition coefficient (Wildman–Crippen LogP) is 5.06. The third-order valence-electron chi connectivity index (χ3n) is 6.47. The maximum absolute atomic E-state index is 13.2. The number of benzene rings is 2. The Bertz CT molecular complexity index is 1020. The van der Waals surface area contributed by atoms with Crippen LogP contribution in [0.5, 0.6) is 11.5 Å². The van der Waals surface area contributed by atoms with Gasteiger partial charge in [0.15, 0.2) is 0 Å². The minimum Gasteiger partial charge on any atom is -0.507 e. The van der Waals surface area contributed by atoms with Gasteiger partial charge in [0.25, 0.3) is 11.8 Å². The number of halogens is 2. The van der Waals surface area contributed by atoms with Crippen molar-refractivity contribution in [3.05, 3.63) is 41.5 Å². The molecule has 170 valence electrons. The van der Waals surface area contributed by atoms with Crippen LogP contribution in [0, 0.1) is 21.0 Å². The minimum absolute atomic E-state index is 0.0165. The first-order chi connectivity index (χ1) is 15.2. The van der Waals surface area contributed by atoms with Crippen molar-refractivity contribution in [3.63, 3.8) is 0 Å². The second-order valence-electron chi connectivity index (χ2n) is 8.52. The van der Waals surface area contributed by atoms with Gasteiger partial charge in [-0.05, 0) is 96.8 Å². The van der Waals surface area contributed by atoms with Gasteiger partial charge in [0.1, 0.15) is 11.5 Å². The van der Waals surface area contributed by atoms with Crippen molar-refractivity contribution in [2.75, 3.05) is 26.2 Å². The number of carbonyl (C=O) groups excluding carboxylic acids is 2. The highest BCUT2D eigenvalue weighted by Crippen LogP contribution is 2.44. The summed E-state index contributed by atoms with van der Waals surface area (Å²) < 4.78 is 1.41. The maximum atomic E-state index is 13.2. The van der Waals surface area contributed by atoms with Crippen molar-refractivity contribution >= 4 is 57.0 Å². The summed E-state index contributed by atoms with van der Waals surface area (Å²) in [4.78, 5) is 30.0. The molecule has 0 saturated carbocycles. The Morgan fingerprint density at radius 1 is 0.719 bits per heavy atom. The van der Waals surface area contributed by atoms with Gasteiger partial charge < -0.3 is 20.0 Å². The van der Waals surface area contributed by atoms with Gasteiger partial charge >= 0.3 is 0 Å². The molecule has 0 unspecified atom stereocenters. The molecule has 32 heavy (non-hydrogen) atoms. The number of carbonyl (C=O) groups is 2. The van der Waals surface area contributed by atoms with Gasteiger partial charge in [-0.15, -0.1) is 0 Å². The third-order valence-corrected chi connectivity index (χ3v) is 9.25. The van der Waals surface area contributed by atoms with Crippen molar-refractivity contribution in [2.45, 2.75) is 39.5 Å². The van der Waals surface area contributed by atoms with E-state index in [-0.39, 0.29) is 23.3 Å². The van der Waals surface area contributed by atoms with Crippen LogP contribution in [0.1, 0.15) is 57.5 Å². The summed E-state index contributed by atoms with van der Waals surface area (Å²) in [5.74, 6) is -0.0941. The molecule has 2 fully saturated rings. The Balaban J connectivity index is 1.87. The highest BCUT2D eigenvalue weighted by molar-refractivity contribution is 14.1. The van der Waals surface area contributed by atoms with E-state index in [4.69, 9.17) is 0 Å². The Morgan fingerprint density at radius 2 is 1.03 bits per heavy atom. The molecule has 0 aliphatic carbocycles. The van der Waals surface area contributed by atoms with E-state index in [1.807, 2.05) is 9.80 Å². The number of aromatic hydroxyl groups is 2. The van der Waals surface area contributed by atoms with Gasteiger partial charge in [-0.2, -0.15) is 0 Å². The summed E-state index contributed by atoms with van der Waals surface area (Å²) in [6, 6.07) is 3.33. The number of nitrogens with zero attached hydrogens (tertiary/aromatic N) is 2. The smallest absolute Gasteiger partial charge is 0.254 e. The van der Waals surface area contributed by atoms with Crippen LogP contribution in [-0.2, 0) is 0 Å². The Morgan fingerprint density at radius 3 is 1.34 bits per heavy atom. The average Bonchev–Trinajstić information content (AvgIpc) is 3.50. The van der Waals surface area contributed by atoms with Crippen molar-refractivity contribution in [3.8, 4) is 22.6 Å². The summed E-state index contributed by atoms with van der Waals surface area (Å²) in [7, 11) is 0. The maximum Gasteiger partial charge on any atom is 0.254 e. The Hall–Kier alpha value is -1.56. The fourth-order valence-corrected chi connectivity index (χ4v) is 5.75. The SMILES string of the molecule is Cc1c(O)c(-c2cc(C(=O)N3CCCC3)c(I)c(C)c2O)cc(C(=O)N2CCCC2)c1I. The van der Waals surface area contributed by atoms with Crippen LogP contribution in [0.25, 0.3) is 11.1 Å². The molecule has 2 heterocycles. The lowest BCUT2D eigenvalue weighted by Crippen LogP contribution is -2.28. The van der Waals surface area contributed by atoms with E-state index >= 15 is 0 Å². The number of phenols is 2. The molecule has 2 saturated heterocycles. The fraction of sp³-hybridized carbons (Fsp3) is 0.417. The Labute approximate surface area is 215 Å². The number of amides is 2. The molecule has 2 aliphatic heterocycles. The fourth-order valence-electron chi connectivity index (χ4n) is 4.47. The van der Waals surface area contributed by atoms with E-state index in [0.717, 1.165) is 51.9 Å². The van der Waals surface area contributed by atoms with Crippen molar-refractivity contribution < 1.29 is 19.8 Å². The zero-order valence-electron chi connectivity index (χ0n) is 18.2. The first-order valence-corrected chi connectivity index (χ1v) is 13.0. The van der Waals surface area contributed by atoms with Gasteiger partial charge in [0.2, 0.25) is 0 Å². The van der Waals surface area contributed by atoms with Gasteiger partial charge in [-0.3, -0.25) is 9.59 Å². The van der Waals surface area contributed by atoms with E-state index in [0.29, 0.717) is 40.5 Å². The zero-order chi connectivity index (χ0) is 23.2. The minimum atomic E-state index is -0.0636. The lowest BCUT2D eigenvalue weighted by atomic mass is 9.94. The first-order valence-electron chi connectivity index (χ1n) is 10.9. The topological polar surface area (TPSA) is 81.1 Å². The van der Waals surface area contributed by atoms with E-state index < -0.39 is 0 Å². The highest BCUT2D eigenvalue weighted by atomic mass is 127. The van der Waals surface area contributed by atoms with Crippen LogP contribution in [-0.4, -0.2) is 58.0 Å². The summed E-state index contributed by atoms with van der Waals surface area (Å²) in [5.41, 5.74) is 2.96. The largest absolute Gasteiger partial charge is 0.507 e.